The van der Waals surface area contributed by atoms with Crippen LogP contribution in [-0.4, -0.2) is 0 Å². The van der Waals surface area contributed by atoms with Crippen LogP contribution < -0.4 is 10.3 Å². The standard InChI is InChI=1S/C46H37NO2/c1-44(2)32-16-11-18-34-40(32)47-41-33(44)17-12-19-35(41)46(5,6)37-25-27(24-36(42(37)47)45(34,3)4)29-14-8-7-13-28(29)26-21-22-39-31(23-26)43(48)30-15-9-10-20-38(30)49-39/h7-25H,1-6H3. The Hall–Kier alpha value is -5.41. The minimum atomic E-state index is -0.226. The summed E-state index contributed by atoms with van der Waals surface area (Å²) < 4.78 is 6.17. The molecule has 3 nitrogen and oxygen atoms in total. The first kappa shape index (κ1) is 28.6. The molecule has 0 bridgehead atoms. The molecule has 4 heterocycles. The van der Waals surface area contributed by atoms with Gasteiger partial charge in [0, 0.05) is 16.2 Å². The van der Waals surface area contributed by atoms with Gasteiger partial charge in [-0.2, -0.15) is 0 Å². The largest absolute Gasteiger partial charge is 0.456 e. The zero-order chi connectivity index (χ0) is 33.6. The molecule has 0 fully saturated rings. The first-order valence-corrected chi connectivity index (χ1v) is 17.3. The lowest BCUT2D eigenvalue weighted by Gasteiger charge is -2.55. The van der Waals surface area contributed by atoms with Crippen LogP contribution in [0.4, 0.5) is 17.1 Å². The summed E-state index contributed by atoms with van der Waals surface area (Å²) in [6.07, 6.45) is 0. The molecular weight excluding hydrogens is 599 g/mol. The maximum absolute atomic E-state index is 13.7. The predicted octanol–water partition coefficient (Wildman–Crippen LogP) is 11.7. The van der Waals surface area contributed by atoms with Crippen LogP contribution in [0.2, 0.25) is 0 Å². The van der Waals surface area contributed by atoms with E-state index in [1.165, 1.54) is 56.0 Å². The highest BCUT2D eigenvalue weighted by molar-refractivity contribution is 6.00. The van der Waals surface area contributed by atoms with Gasteiger partial charge in [0.05, 0.1) is 27.8 Å². The molecule has 10 rings (SSSR count). The van der Waals surface area contributed by atoms with Gasteiger partial charge < -0.3 is 9.32 Å². The van der Waals surface area contributed by atoms with Crippen molar-refractivity contribution in [3.63, 3.8) is 0 Å². The van der Waals surface area contributed by atoms with E-state index in [9.17, 15) is 4.79 Å². The monoisotopic (exact) mass is 635 g/mol. The lowest BCUT2D eigenvalue weighted by Crippen LogP contribution is -2.43. The molecule has 238 valence electrons. The molecule has 7 aromatic rings. The highest BCUT2D eigenvalue weighted by Crippen LogP contribution is 2.66. The van der Waals surface area contributed by atoms with Gasteiger partial charge in [-0.25, -0.2) is 0 Å². The first-order chi connectivity index (χ1) is 23.5. The number of benzene rings is 6. The molecule has 3 heteroatoms. The third kappa shape index (κ3) is 3.50. The average molecular weight is 636 g/mol. The third-order valence-corrected chi connectivity index (χ3v) is 12.0. The van der Waals surface area contributed by atoms with Crippen LogP contribution in [0.1, 0.15) is 74.9 Å². The fourth-order valence-electron chi connectivity index (χ4n) is 9.30. The Morgan fingerprint density at radius 1 is 0.449 bits per heavy atom. The van der Waals surface area contributed by atoms with Crippen molar-refractivity contribution in [1.29, 1.82) is 0 Å². The van der Waals surface area contributed by atoms with Crippen LogP contribution in [0.15, 0.2) is 124 Å². The fraction of sp³-hybridized carbons (Fsp3) is 0.196. The van der Waals surface area contributed by atoms with Crippen molar-refractivity contribution >= 4 is 39.0 Å². The molecule has 0 unspecified atom stereocenters. The van der Waals surface area contributed by atoms with E-state index in [0.29, 0.717) is 21.9 Å². The van der Waals surface area contributed by atoms with E-state index < -0.39 is 0 Å². The van der Waals surface area contributed by atoms with Gasteiger partial charge in [0.1, 0.15) is 11.2 Å². The minimum Gasteiger partial charge on any atom is -0.456 e. The normalized spacial score (nSPS) is 16.9. The van der Waals surface area contributed by atoms with Crippen molar-refractivity contribution in [1.82, 2.24) is 0 Å². The number of rotatable bonds is 2. The maximum Gasteiger partial charge on any atom is 0.200 e. The molecule has 0 saturated heterocycles. The molecule has 6 aromatic carbocycles. The van der Waals surface area contributed by atoms with Crippen molar-refractivity contribution in [3.8, 4) is 22.3 Å². The molecule has 0 atom stereocenters. The molecule has 0 spiro atoms. The first-order valence-electron chi connectivity index (χ1n) is 17.3. The van der Waals surface area contributed by atoms with Gasteiger partial charge in [-0.3, -0.25) is 4.79 Å². The van der Waals surface area contributed by atoms with E-state index in [1.807, 2.05) is 36.4 Å². The zero-order valence-corrected chi connectivity index (χ0v) is 28.7. The second kappa shape index (κ2) is 9.18. The van der Waals surface area contributed by atoms with Crippen LogP contribution in [0.5, 0.6) is 0 Å². The van der Waals surface area contributed by atoms with Crippen molar-refractivity contribution in [2.75, 3.05) is 4.90 Å². The number of hydrogen-bond donors (Lipinski definition) is 0. The molecule has 0 aliphatic carbocycles. The summed E-state index contributed by atoms with van der Waals surface area (Å²) in [6.45, 7) is 14.4. The van der Waals surface area contributed by atoms with E-state index in [4.69, 9.17) is 4.42 Å². The molecule has 0 radical (unpaired) electrons. The molecular formula is C46H37NO2. The number of para-hydroxylation sites is 3. The van der Waals surface area contributed by atoms with Crippen molar-refractivity contribution in [3.05, 3.63) is 159 Å². The number of nitrogens with zero attached hydrogens (tertiary/aromatic N) is 1. The van der Waals surface area contributed by atoms with Crippen LogP contribution >= 0.6 is 0 Å². The summed E-state index contributed by atoms with van der Waals surface area (Å²) >= 11 is 0. The second-order valence-corrected chi connectivity index (χ2v) is 15.7. The lowest BCUT2D eigenvalue weighted by atomic mass is 9.60. The summed E-state index contributed by atoms with van der Waals surface area (Å²) in [6, 6.07) is 40.9. The second-order valence-electron chi connectivity index (χ2n) is 15.7. The SMILES string of the molecule is CC1(C)c2cccc3c2N2c4c1cccc4C(C)(C)c1cc(-c4ccccc4-c4ccc5oc6ccccc6c(=O)c5c4)cc(c12)C3(C)C. The Morgan fingerprint density at radius 2 is 0.918 bits per heavy atom. The molecule has 3 aliphatic rings. The van der Waals surface area contributed by atoms with Gasteiger partial charge in [0.15, 0.2) is 0 Å². The molecule has 0 saturated carbocycles. The van der Waals surface area contributed by atoms with Gasteiger partial charge in [0.2, 0.25) is 5.43 Å². The Kier molecular flexibility index (Phi) is 5.36. The van der Waals surface area contributed by atoms with Crippen molar-refractivity contribution in [2.24, 2.45) is 0 Å². The molecule has 3 aliphatic heterocycles. The predicted molar refractivity (Wildman–Crippen MR) is 202 cm³/mol. The summed E-state index contributed by atoms with van der Waals surface area (Å²) in [5, 5.41) is 1.20. The van der Waals surface area contributed by atoms with Crippen LogP contribution in [0, 0.1) is 0 Å². The molecule has 49 heavy (non-hydrogen) atoms. The smallest absolute Gasteiger partial charge is 0.200 e. The number of hydrogen-bond acceptors (Lipinski definition) is 3. The van der Waals surface area contributed by atoms with E-state index >= 15 is 0 Å². The van der Waals surface area contributed by atoms with Gasteiger partial charge >= 0.3 is 0 Å². The third-order valence-electron chi connectivity index (χ3n) is 12.0. The van der Waals surface area contributed by atoms with Gasteiger partial charge in [0.25, 0.3) is 0 Å². The van der Waals surface area contributed by atoms with Gasteiger partial charge in [-0.05, 0) is 92.0 Å². The van der Waals surface area contributed by atoms with Gasteiger partial charge in [-0.15, -0.1) is 0 Å². The lowest BCUT2D eigenvalue weighted by molar-refractivity contribution is 0.567. The molecule has 0 amide bonds. The van der Waals surface area contributed by atoms with Crippen LogP contribution in [-0.2, 0) is 16.2 Å². The Morgan fingerprint density at radius 3 is 1.51 bits per heavy atom. The number of fused-ring (bicyclic) bond motifs is 2. The highest BCUT2D eigenvalue weighted by atomic mass is 16.3. The van der Waals surface area contributed by atoms with Crippen LogP contribution in [0.25, 0.3) is 44.2 Å². The summed E-state index contributed by atoms with van der Waals surface area (Å²) in [7, 11) is 0. The zero-order valence-electron chi connectivity index (χ0n) is 28.7. The Bertz CT molecular complexity index is 2580. The average Bonchev–Trinajstić information content (AvgIpc) is 3.10. The van der Waals surface area contributed by atoms with Gasteiger partial charge in [-0.1, -0.05) is 120 Å². The number of anilines is 3. The highest BCUT2D eigenvalue weighted by Gasteiger charge is 2.51. The quantitative estimate of drug-likeness (QED) is 0.177. The summed E-state index contributed by atoms with van der Waals surface area (Å²) in [5.74, 6) is 0. The topological polar surface area (TPSA) is 33.5 Å². The van der Waals surface area contributed by atoms with Crippen molar-refractivity contribution in [2.45, 2.75) is 57.8 Å². The van der Waals surface area contributed by atoms with Crippen LogP contribution in [0.3, 0.4) is 0 Å². The summed E-state index contributed by atoms with van der Waals surface area (Å²) in [5.41, 5.74) is 17.3. The van der Waals surface area contributed by atoms with E-state index in [0.717, 1.165) is 16.7 Å². The Balaban J connectivity index is 1.25. The Labute approximate surface area is 286 Å². The fourth-order valence-corrected chi connectivity index (χ4v) is 9.30. The molecule has 1 aromatic heterocycles. The molecule has 0 N–H and O–H groups in total. The van der Waals surface area contributed by atoms with E-state index in [1.54, 1.807) is 0 Å². The summed E-state index contributed by atoms with van der Waals surface area (Å²) in [4.78, 5) is 16.3. The maximum atomic E-state index is 13.7. The van der Waals surface area contributed by atoms with Crippen molar-refractivity contribution < 1.29 is 4.42 Å². The minimum absolute atomic E-state index is 0.00123. The van der Waals surface area contributed by atoms with E-state index in [2.05, 4.69) is 125 Å². The van der Waals surface area contributed by atoms with E-state index in [-0.39, 0.29) is 21.7 Å².